The van der Waals surface area contributed by atoms with E-state index in [0.29, 0.717) is 19.1 Å². The van der Waals surface area contributed by atoms with E-state index in [1.165, 1.54) is 18.2 Å². The van der Waals surface area contributed by atoms with Crippen LogP contribution in [0.3, 0.4) is 0 Å². The first-order chi connectivity index (χ1) is 9.97. The number of hydrogen-bond acceptors (Lipinski definition) is 3. The van der Waals surface area contributed by atoms with Gasteiger partial charge in [0.05, 0.1) is 17.8 Å². The van der Waals surface area contributed by atoms with Crippen molar-refractivity contribution in [2.45, 2.75) is 32.5 Å². The largest absolute Gasteiger partial charge is 0.387 e. The maximum Gasteiger partial charge on any atom is 0.131 e. The monoisotopic (exact) mass is 299 g/mol. The molecule has 1 saturated heterocycles. The number of ether oxygens (including phenoxy) is 1. The van der Waals surface area contributed by atoms with E-state index in [2.05, 4.69) is 13.8 Å². The molecule has 1 aromatic carbocycles. The molecule has 0 saturated carbocycles. The van der Waals surface area contributed by atoms with Crippen LogP contribution in [-0.2, 0) is 4.74 Å². The van der Waals surface area contributed by atoms with Crippen LogP contribution in [0.4, 0.5) is 8.78 Å². The molecule has 1 aromatic rings. The van der Waals surface area contributed by atoms with Gasteiger partial charge in [0, 0.05) is 26.2 Å². The molecular formula is C16H23F2NO2. The predicted octanol–water partition coefficient (Wildman–Crippen LogP) is 2.75. The Hall–Kier alpha value is -1.04. The highest BCUT2D eigenvalue weighted by atomic mass is 19.1. The number of aliphatic hydroxyl groups is 1. The molecule has 0 bridgehead atoms. The Morgan fingerprint density at radius 2 is 2.00 bits per heavy atom. The zero-order chi connectivity index (χ0) is 15.4. The molecule has 0 aliphatic carbocycles. The highest BCUT2D eigenvalue weighted by Gasteiger charge is 2.27. The van der Waals surface area contributed by atoms with E-state index in [9.17, 15) is 13.9 Å². The molecule has 5 heteroatoms. The third-order valence-electron chi connectivity index (χ3n) is 3.66. The van der Waals surface area contributed by atoms with Crippen molar-refractivity contribution in [3.63, 3.8) is 0 Å². The fourth-order valence-corrected chi connectivity index (χ4v) is 2.59. The lowest BCUT2D eigenvalue weighted by Crippen LogP contribution is -2.29. The highest BCUT2D eigenvalue weighted by Crippen LogP contribution is 2.23. The maximum absolute atomic E-state index is 13.6. The van der Waals surface area contributed by atoms with Gasteiger partial charge in [-0.25, -0.2) is 8.78 Å². The molecule has 1 fully saturated rings. The molecule has 0 spiro atoms. The lowest BCUT2D eigenvalue weighted by Gasteiger charge is -2.21. The van der Waals surface area contributed by atoms with Gasteiger partial charge < -0.3 is 9.84 Å². The fourth-order valence-electron chi connectivity index (χ4n) is 2.59. The molecule has 1 aliphatic rings. The second-order valence-electron chi connectivity index (χ2n) is 6.05. The molecule has 1 aliphatic heterocycles. The minimum Gasteiger partial charge on any atom is -0.387 e. The number of benzene rings is 1. The molecule has 0 amide bonds. The van der Waals surface area contributed by atoms with Gasteiger partial charge in [0.2, 0.25) is 0 Å². The summed E-state index contributed by atoms with van der Waals surface area (Å²) in [4.78, 5) is 1.99. The van der Waals surface area contributed by atoms with Crippen molar-refractivity contribution in [2.24, 2.45) is 5.92 Å². The van der Waals surface area contributed by atoms with Crippen LogP contribution in [0.15, 0.2) is 18.2 Å². The lowest BCUT2D eigenvalue weighted by atomic mass is 10.1. The first-order valence-electron chi connectivity index (χ1n) is 7.43. The van der Waals surface area contributed by atoms with Crippen LogP contribution in [0.5, 0.6) is 0 Å². The minimum absolute atomic E-state index is 0.144. The summed E-state index contributed by atoms with van der Waals surface area (Å²) in [5, 5.41) is 10.1. The van der Waals surface area contributed by atoms with E-state index in [4.69, 9.17) is 4.74 Å². The van der Waals surface area contributed by atoms with Crippen LogP contribution in [0.1, 0.15) is 31.9 Å². The van der Waals surface area contributed by atoms with Crippen LogP contribution in [0.25, 0.3) is 0 Å². The predicted molar refractivity (Wildman–Crippen MR) is 77.0 cm³/mol. The fraction of sp³-hybridized carbons (Fsp3) is 0.625. The average molecular weight is 299 g/mol. The minimum atomic E-state index is -1.16. The molecule has 21 heavy (non-hydrogen) atoms. The summed E-state index contributed by atoms with van der Waals surface area (Å²) in [5.41, 5.74) is -0.246. The van der Waals surface area contributed by atoms with Crippen molar-refractivity contribution in [1.29, 1.82) is 0 Å². The van der Waals surface area contributed by atoms with Crippen LogP contribution in [0.2, 0.25) is 0 Å². The third kappa shape index (κ3) is 4.46. The topological polar surface area (TPSA) is 32.7 Å². The van der Waals surface area contributed by atoms with Gasteiger partial charge in [-0.05, 0) is 24.5 Å². The normalized spacial score (nSPS) is 21.1. The van der Waals surface area contributed by atoms with Gasteiger partial charge >= 0.3 is 0 Å². The molecule has 0 aromatic heterocycles. The molecule has 3 nitrogen and oxygen atoms in total. The van der Waals surface area contributed by atoms with Crippen LogP contribution >= 0.6 is 0 Å². The maximum atomic E-state index is 13.6. The van der Waals surface area contributed by atoms with Crippen molar-refractivity contribution < 1.29 is 18.6 Å². The molecule has 2 atom stereocenters. The van der Waals surface area contributed by atoms with Crippen LogP contribution in [0, 0.1) is 17.6 Å². The SMILES string of the molecule is CC(C)COC1CCN(CC(O)c2c(F)cccc2F)C1. The highest BCUT2D eigenvalue weighted by molar-refractivity contribution is 5.22. The van der Waals surface area contributed by atoms with Gasteiger partial charge in [0.15, 0.2) is 0 Å². The Kier molecular flexibility index (Phi) is 5.67. The van der Waals surface area contributed by atoms with E-state index in [1.54, 1.807) is 0 Å². The molecule has 1 N–H and O–H groups in total. The summed E-state index contributed by atoms with van der Waals surface area (Å²) in [5.74, 6) is -0.916. The Balaban J connectivity index is 1.88. The first kappa shape index (κ1) is 16.3. The van der Waals surface area contributed by atoms with E-state index < -0.39 is 17.7 Å². The Morgan fingerprint density at radius 1 is 1.33 bits per heavy atom. The summed E-state index contributed by atoms with van der Waals surface area (Å²) >= 11 is 0. The Morgan fingerprint density at radius 3 is 2.62 bits per heavy atom. The van der Waals surface area contributed by atoms with Gasteiger partial charge in [-0.2, -0.15) is 0 Å². The summed E-state index contributed by atoms with van der Waals surface area (Å²) in [6.07, 6.45) is -0.126. The van der Waals surface area contributed by atoms with Crippen molar-refractivity contribution in [1.82, 2.24) is 4.90 Å². The van der Waals surface area contributed by atoms with Crippen molar-refractivity contribution in [2.75, 3.05) is 26.2 Å². The number of rotatable bonds is 6. The Bertz CT molecular complexity index is 447. The van der Waals surface area contributed by atoms with E-state index in [0.717, 1.165) is 13.0 Å². The van der Waals surface area contributed by atoms with Crippen molar-refractivity contribution >= 4 is 0 Å². The number of hydrogen-bond donors (Lipinski definition) is 1. The van der Waals surface area contributed by atoms with Crippen LogP contribution < -0.4 is 0 Å². The molecule has 1 heterocycles. The van der Waals surface area contributed by atoms with Gasteiger partial charge in [0.25, 0.3) is 0 Å². The van der Waals surface area contributed by atoms with Gasteiger partial charge in [-0.1, -0.05) is 19.9 Å². The number of halogens is 2. The second-order valence-corrected chi connectivity index (χ2v) is 6.05. The van der Waals surface area contributed by atoms with E-state index in [1.807, 2.05) is 4.90 Å². The van der Waals surface area contributed by atoms with Gasteiger partial charge in [-0.3, -0.25) is 4.90 Å². The number of likely N-dealkylation sites (tertiary alicyclic amines) is 1. The second kappa shape index (κ2) is 7.29. The van der Waals surface area contributed by atoms with E-state index in [-0.39, 0.29) is 18.2 Å². The van der Waals surface area contributed by atoms with Crippen molar-refractivity contribution in [3.05, 3.63) is 35.4 Å². The third-order valence-corrected chi connectivity index (χ3v) is 3.66. The molecular weight excluding hydrogens is 276 g/mol. The summed E-state index contributed by atoms with van der Waals surface area (Å²) < 4.78 is 33.0. The van der Waals surface area contributed by atoms with E-state index >= 15 is 0 Å². The summed E-state index contributed by atoms with van der Waals surface area (Å²) in [6.45, 7) is 6.59. The zero-order valence-electron chi connectivity index (χ0n) is 12.6. The molecule has 2 rings (SSSR count). The molecule has 2 unspecified atom stereocenters. The zero-order valence-corrected chi connectivity index (χ0v) is 12.6. The van der Waals surface area contributed by atoms with Gasteiger partial charge in [-0.15, -0.1) is 0 Å². The number of β-amino-alcohol motifs (C(OH)–C–C–N with tert-alkyl or cyclic N) is 1. The number of aliphatic hydroxyl groups excluding tert-OH is 1. The first-order valence-corrected chi connectivity index (χ1v) is 7.43. The smallest absolute Gasteiger partial charge is 0.131 e. The lowest BCUT2D eigenvalue weighted by molar-refractivity contribution is 0.0370. The number of nitrogens with zero attached hydrogens (tertiary/aromatic N) is 1. The quantitative estimate of drug-likeness (QED) is 0.876. The molecule has 0 radical (unpaired) electrons. The Labute approximate surface area is 124 Å². The summed E-state index contributed by atoms with van der Waals surface area (Å²) in [6, 6.07) is 3.63. The standard InChI is InChI=1S/C16H23F2NO2/c1-11(2)10-21-12-6-7-19(8-12)9-15(20)16-13(17)4-3-5-14(16)18/h3-5,11-12,15,20H,6-10H2,1-2H3. The molecule has 118 valence electrons. The average Bonchev–Trinajstić information content (AvgIpc) is 2.83. The van der Waals surface area contributed by atoms with Crippen molar-refractivity contribution in [3.8, 4) is 0 Å². The van der Waals surface area contributed by atoms with Gasteiger partial charge in [0.1, 0.15) is 11.6 Å². The van der Waals surface area contributed by atoms with Crippen LogP contribution in [-0.4, -0.2) is 42.4 Å². The summed E-state index contributed by atoms with van der Waals surface area (Å²) in [7, 11) is 0.